The highest BCUT2D eigenvalue weighted by atomic mass is 19.1. The van der Waals surface area contributed by atoms with E-state index in [1.807, 2.05) is 0 Å². The van der Waals surface area contributed by atoms with Gasteiger partial charge in [0, 0.05) is 12.5 Å². The van der Waals surface area contributed by atoms with Crippen molar-refractivity contribution in [3.05, 3.63) is 28.6 Å². The fraction of sp³-hybridized carbons (Fsp3) is 0.467. The van der Waals surface area contributed by atoms with E-state index in [0.717, 1.165) is 6.07 Å². The van der Waals surface area contributed by atoms with Crippen LogP contribution in [0.3, 0.4) is 0 Å². The highest BCUT2D eigenvalue weighted by Gasteiger charge is 2.43. The van der Waals surface area contributed by atoms with Crippen LogP contribution < -0.4 is 5.32 Å². The van der Waals surface area contributed by atoms with Crippen LogP contribution in [0, 0.1) is 18.2 Å². The minimum atomic E-state index is -1.27. The standard InChI is InChI=1S/C15H18FNO4/c1-8-10-3-4-15(6-18,7-19)14(21)13(10)12(5-11(8)16)17-9(2)20/h5,18-19H,3-4,6-7H2,1-2H3,(H,17,20). The van der Waals surface area contributed by atoms with E-state index in [9.17, 15) is 24.2 Å². The van der Waals surface area contributed by atoms with Crippen LogP contribution in [0.25, 0.3) is 0 Å². The number of Topliss-reactive ketones (excluding diaryl/α,β-unsaturated/α-hetero) is 1. The average molecular weight is 295 g/mol. The van der Waals surface area contributed by atoms with E-state index in [4.69, 9.17) is 0 Å². The molecule has 21 heavy (non-hydrogen) atoms. The van der Waals surface area contributed by atoms with Gasteiger partial charge in [0.05, 0.1) is 24.3 Å². The molecule has 1 aromatic rings. The SMILES string of the molecule is CC(=O)Nc1cc(F)c(C)c2c1C(=O)C(CO)(CO)CC2. The van der Waals surface area contributed by atoms with Crippen molar-refractivity contribution < 1.29 is 24.2 Å². The Morgan fingerprint density at radius 3 is 2.57 bits per heavy atom. The number of ketones is 1. The molecule has 1 amide bonds. The fourth-order valence-electron chi connectivity index (χ4n) is 2.76. The van der Waals surface area contributed by atoms with Crippen LogP contribution in [0.5, 0.6) is 0 Å². The summed E-state index contributed by atoms with van der Waals surface area (Å²) in [6.45, 7) is 1.86. The first-order chi connectivity index (χ1) is 9.86. The number of halogens is 1. The van der Waals surface area contributed by atoms with Crippen molar-refractivity contribution in [3.8, 4) is 0 Å². The second-order valence-electron chi connectivity index (χ2n) is 5.49. The predicted molar refractivity (Wildman–Crippen MR) is 74.7 cm³/mol. The molecule has 0 unspecified atom stereocenters. The molecule has 5 nitrogen and oxygen atoms in total. The van der Waals surface area contributed by atoms with Crippen molar-refractivity contribution in [2.24, 2.45) is 5.41 Å². The van der Waals surface area contributed by atoms with Gasteiger partial charge in [-0.2, -0.15) is 0 Å². The molecule has 0 aliphatic heterocycles. The number of aliphatic hydroxyl groups is 2. The largest absolute Gasteiger partial charge is 0.395 e. The van der Waals surface area contributed by atoms with Crippen LogP contribution in [-0.2, 0) is 11.2 Å². The van der Waals surface area contributed by atoms with Gasteiger partial charge < -0.3 is 15.5 Å². The number of carbonyl (C=O) groups excluding carboxylic acids is 2. The molecule has 0 saturated carbocycles. The number of fused-ring (bicyclic) bond motifs is 1. The van der Waals surface area contributed by atoms with Gasteiger partial charge in [-0.05, 0) is 37.0 Å². The molecule has 6 heteroatoms. The fourth-order valence-corrected chi connectivity index (χ4v) is 2.76. The molecule has 0 bridgehead atoms. The first kappa shape index (κ1) is 15.6. The summed E-state index contributed by atoms with van der Waals surface area (Å²) in [5, 5.41) is 21.4. The predicted octanol–water partition coefficient (Wildman–Crippen LogP) is 1.19. The lowest BCUT2D eigenvalue weighted by Gasteiger charge is -2.35. The Morgan fingerprint density at radius 1 is 1.43 bits per heavy atom. The number of hydrogen-bond donors (Lipinski definition) is 3. The van der Waals surface area contributed by atoms with Crippen LogP contribution in [0.1, 0.15) is 34.8 Å². The molecule has 0 spiro atoms. The van der Waals surface area contributed by atoms with Gasteiger partial charge in [-0.3, -0.25) is 9.59 Å². The van der Waals surface area contributed by atoms with E-state index in [1.165, 1.54) is 6.92 Å². The lowest BCUT2D eigenvalue weighted by atomic mass is 9.70. The Labute approximate surface area is 121 Å². The molecule has 1 aliphatic carbocycles. The van der Waals surface area contributed by atoms with Gasteiger partial charge in [0.2, 0.25) is 5.91 Å². The molecule has 0 fully saturated rings. The molecule has 0 saturated heterocycles. The lowest BCUT2D eigenvalue weighted by Crippen LogP contribution is -2.43. The summed E-state index contributed by atoms with van der Waals surface area (Å²) in [6, 6.07) is 1.11. The van der Waals surface area contributed by atoms with Gasteiger partial charge in [-0.25, -0.2) is 4.39 Å². The van der Waals surface area contributed by atoms with Crippen molar-refractivity contribution in [2.75, 3.05) is 18.5 Å². The first-order valence-corrected chi connectivity index (χ1v) is 6.72. The Hall–Kier alpha value is -1.79. The van der Waals surface area contributed by atoms with Crippen LogP contribution >= 0.6 is 0 Å². The van der Waals surface area contributed by atoms with Crippen LogP contribution in [0.2, 0.25) is 0 Å². The third-order valence-electron chi connectivity index (χ3n) is 4.13. The van der Waals surface area contributed by atoms with E-state index in [1.54, 1.807) is 6.92 Å². The highest BCUT2D eigenvalue weighted by molar-refractivity contribution is 6.09. The van der Waals surface area contributed by atoms with E-state index >= 15 is 0 Å². The summed E-state index contributed by atoms with van der Waals surface area (Å²) in [7, 11) is 0. The molecule has 114 valence electrons. The van der Waals surface area contributed by atoms with Gasteiger partial charge >= 0.3 is 0 Å². The molecule has 3 N–H and O–H groups in total. The molecular weight excluding hydrogens is 277 g/mol. The summed E-state index contributed by atoms with van der Waals surface area (Å²) in [5.41, 5.74) is -0.0990. The van der Waals surface area contributed by atoms with Crippen molar-refractivity contribution in [3.63, 3.8) is 0 Å². The van der Waals surface area contributed by atoms with Gasteiger partial charge in [0.25, 0.3) is 0 Å². The van der Waals surface area contributed by atoms with Crippen molar-refractivity contribution >= 4 is 17.4 Å². The van der Waals surface area contributed by atoms with E-state index in [-0.39, 0.29) is 17.7 Å². The number of nitrogens with one attached hydrogen (secondary N) is 1. The molecule has 0 aromatic heterocycles. The van der Waals surface area contributed by atoms with Gasteiger partial charge in [-0.1, -0.05) is 0 Å². The number of carbonyl (C=O) groups is 2. The van der Waals surface area contributed by atoms with Crippen LogP contribution in [0.4, 0.5) is 10.1 Å². The van der Waals surface area contributed by atoms with Gasteiger partial charge in [0.1, 0.15) is 5.82 Å². The topological polar surface area (TPSA) is 86.6 Å². The highest BCUT2D eigenvalue weighted by Crippen LogP contribution is 2.40. The first-order valence-electron chi connectivity index (χ1n) is 6.72. The molecule has 2 rings (SSSR count). The number of hydrogen-bond acceptors (Lipinski definition) is 4. The van der Waals surface area contributed by atoms with Crippen molar-refractivity contribution in [1.82, 2.24) is 0 Å². The van der Waals surface area contributed by atoms with E-state index in [2.05, 4.69) is 5.32 Å². The maximum absolute atomic E-state index is 13.9. The Bertz CT molecular complexity index is 608. The number of benzene rings is 1. The third-order valence-corrected chi connectivity index (χ3v) is 4.13. The smallest absolute Gasteiger partial charge is 0.221 e. The monoisotopic (exact) mass is 295 g/mol. The molecule has 0 heterocycles. The molecule has 0 atom stereocenters. The summed E-state index contributed by atoms with van der Waals surface area (Å²) in [5.74, 6) is -1.37. The van der Waals surface area contributed by atoms with Crippen LogP contribution in [-0.4, -0.2) is 35.1 Å². The number of aliphatic hydroxyl groups excluding tert-OH is 2. The molecular formula is C15H18FNO4. The molecule has 1 aliphatic rings. The van der Waals surface area contributed by atoms with Crippen molar-refractivity contribution in [2.45, 2.75) is 26.7 Å². The third kappa shape index (κ3) is 2.45. The molecule has 0 radical (unpaired) electrons. The zero-order valence-corrected chi connectivity index (χ0v) is 12.0. The average Bonchev–Trinajstić information content (AvgIpc) is 2.44. The van der Waals surface area contributed by atoms with E-state index < -0.39 is 36.1 Å². The van der Waals surface area contributed by atoms with Gasteiger partial charge in [-0.15, -0.1) is 0 Å². The summed E-state index contributed by atoms with van der Waals surface area (Å²) in [6.07, 6.45) is 0.605. The minimum absolute atomic E-state index is 0.0941. The summed E-state index contributed by atoms with van der Waals surface area (Å²) < 4.78 is 13.9. The number of rotatable bonds is 3. The lowest BCUT2D eigenvalue weighted by molar-refractivity contribution is -0.114. The zero-order valence-electron chi connectivity index (χ0n) is 12.0. The zero-order chi connectivity index (χ0) is 15.8. The normalized spacial score (nSPS) is 16.5. The second kappa shape index (κ2) is 5.54. The summed E-state index contributed by atoms with van der Waals surface area (Å²) in [4.78, 5) is 23.9. The Morgan fingerprint density at radius 2 is 2.05 bits per heavy atom. The maximum atomic E-state index is 13.9. The maximum Gasteiger partial charge on any atom is 0.221 e. The quantitative estimate of drug-likeness (QED) is 0.782. The van der Waals surface area contributed by atoms with Crippen molar-refractivity contribution in [1.29, 1.82) is 0 Å². The second-order valence-corrected chi connectivity index (χ2v) is 5.49. The van der Waals surface area contributed by atoms with Gasteiger partial charge in [0.15, 0.2) is 5.78 Å². The van der Waals surface area contributed by atoms with E-state index in [0.29, 0.717) is 17.5 Å². The Balaban J connectivity index is 2.66. The Kier molecular flexibility index (Phi) is 4.11. The molecule has 1 aromatic carbocycles. The number of amides is 1. The summed E-state index contributed by atoms with van der Waals surface area (Å²) >= 11 is 0. The van der Waals surface area contributed by atoms with Crippen LogP contribution in [0.15, 0.2) is 6.07 Å². The number of anilines is 1. The minimum Gasteiger partial charge on any atom is -0.395 e.